The summed E-state index contributed by atoms with van der Waals surface area (Å²) in [4.78, 5) is 27.1. The molecule has 2 atom stereocenters. The first-order valence-electron chi connectivity index (χ1n) is 8.63. The topological polar surface area (TPSA) is 71.2 Å². The Hall–Kier alpha value is -2.30. The van der Waals surface area contributed by atoms with Crippen LogP contribution in [0.1, 0.15) is 38.2 Å². The standard InChI is InChI=1S/C19H24N2O3/c1-13-6-2-4-8-16(13)21-18(22)12-24-19(23)10-14-11-20-17-9-5-3-7-15(14)17/h3,5,7,9,11,13,16,20H,2,4,6,8,10,12H2,1H3,(H,21,22)/t13-,16-/m1/s1. The van der Waals surface area contributed by atoms with Crippen molar-refractivity contribution in [1.82, 2.24) is 10.3 Å². The molecule has 0 aliphatic heterocycles. The zero-order chi connectivity index (χ0) is 16.9. The summed E-state index contributed by atoms with van der Waals surface area (Å²) in [6.07, 6.45) is 6.51. The first-order valence-corrected chi connectivity index (χ1v) is 8.63. The van der Waals surface area contributed by atoms with Gasteiger partial charge in [-0.3, -0.25) is 9.59 Å². The smallest absolute Gasteiger partial charge is 0.310 e. The lowest BCUT2D eigenvalue weighted by atomic mass is 9.86. The highest BCUT2D eigenvalue weighted by molar-refractivity contribution is 5.88. The van der Waals surface area contributed by atoms with Gasteiger partial charge < -0.3 is 15.0 Å². The van der Waals surface area contributed by atoms with Crippen LogP contribution in [0.3, 0.4) is 0 Å². The molecule has 128 valence electrons. The molecule has 5 nitrogen and oxygen atoms in total. The van der Waals surface area contributed by atoms with Crippen LogP contribution in [0.15, 0.2) is 30.5 Å². The molecule has 0 spiro atoms. The number of benzene rings is 1. The fourth-order valence-electron chi connectivity index (χ4n) is 3.41. The van der Waals surface area contributed by atoms with Crippen molar-refractivity contribution in [2.24, 2.45) is 5.92 Å². The second kappa shape index (κ2) is 7.51. The van der Waals surface area contributed by atoms with Gasteiger partial charge in [0, 0.05) is 23.1 Å². The average molecular weight is 328 g/mol. The largest absolute Gasteiger partial charge is 0.455 e. The van der Waals surface area contributed by atoms with Gasteiger partial charge in [0.2, 0.25) is 0 Å². The SMILES string of the molecule is C[C@@H]1CCCC[C@H]1NC(=O)COC(=O)Cc1c[nH]c2ccccc12. The number of carbonyl (C=O) groups is 2. The summed E-state index contributed by atoms with van der Waals surface area (Å²) in [5, 5.41) is 4.00. The third-order valence-corrected chi connectivity index (χ3v) is 4.83. The molecule has 3 rings (SSSR count). The number of hydrogen-bond donors (Lipinski definition) is 2. The summed E-state index contributed by atoms with van der Waals surface area (Å²) in [6, 6.07) is 8.01. The van der Waals surface area contributed by atoms with E-state index in [1.807, 2.05) is 30.5 Å². The number of hydrogen-bond acceptors (Lipinski definition) is 3. The molecule has 5 heteroatoms. The lowest BCUT2D eigenvalue weighted by molar-refractivity contribution is -0.148. The number of fused-ring (bicyclic) bond motifs is 1. The van der Waals surface area contributed by atoms with Crippen LogP contribution in [-0.4, -0.2) is 29.5 Å². The van der Waals surface area contributed by atoms with Crippen molar-refractivity contribution in [2.75, 3.05) is 6.61 Å². The van der Waals surface area contributed by atoms with Crippen molar-refractivity contribution >= 4 is 22.8 Å². The molecule has 0 bridgehead atoms. The van der Waals surface area contributed by atoms with E-state index in [1.165, 1.54) is 6.42 Å². The van der Waals surface area contributed by atoms with Crippen molar-refractivity contribution in [1.29, 1.82) is 0 Å². The molecule has 1 fully saturated rings. The lowest BCUT2D eigenvalue weighted by Gasteiger charge is -2.29. The number of nitrogens with one attached hydrogen (secondary N) is 2. The third kappa shape index (κ3) is 3.96. The van der Waals surface area contributed by atoms with Crippen molar-refractivity contribution in [3.05, 3.63) is 36.0 Å². The van der Waals surface area contributed by atoms with E-state index in [-0.39, 0.29) is 30.9 Å². The summed E-state index contributed by atoms with van der Waals surface area (Å²) in [5.41, 5.74) is 1.88. The first kappa shape index (κ1) is 16.6. The fraction of sp³-hybridized carbons (Fsp3) is 0.474. The molecular formula is C19H24N2O3. The van der Waals surface area contributed by atoms with Gasteiger partial charge in [0.1, 0.15) is 0 Å². The van der Waals surface area contributed by atoms with Crippen LogP contribution >= 0.6 is 0 Å². The van der Waals surface area contributed by atoms with Gasteiger partial charge in [-0.05, 0) is 30.4 Å². The second-order valence-corrected chi connectivity index (χ2v) is 6.63. The zero-order valence-corrected chi connectivity index (χ0v) is 14.0. The third-order valence-electron chi connectivity index (χ3n) is 4.83. The molecule has 1 aromatic carbocycles. The van der Waals surface area contributed by atoms with Gasteiger partial charge in [0.25, 0.3) is 5.91 Å². The van der Waals surface area contributed by atoms with Crippen molar-refractivity contribution in [3.8, 4) is 0 Å². The highest BCUT2D eigenvalue weighted by atomic mass is 16.5. The number of carbonyl (C=O) groups excluding carboxylic acids is 2. The highest BCUT2D eigenvalue weighted by Gasteiger charge is 2.23. The minimum Gasteiger partial charge on any atom is -0.455 e. The van der Waals surface area contributed by atoms with E-state index in [1.54, 1.807) is 0 Å². The summed E-state index contributed by atoms with van der Waals surface area (Å²) in [6.45, 7) is 1.96. The fourth-order valence-corrected chi connectivity index (χ4v) is 3.41. The van der Waals surface area contributed by atoms with E-state index in [9.17, 15) is 9.59 Å². The van der Waals surface area contributed by atoms with E-state index in [2.05, 4.69) is 17.2 Å². The highest BCUT2D eigenvalue weighted by Crippen LogP contribution is 2.23. The predicted octanol–water partition coefficient (Wildman–Crippen LogP) is 2.95. The van der Waals surface area contributed by atoms with Crippen molar-refractivity contribution in [2.45, 2.75) is 45.1 Å². The van der Waals surface area contributed by atoms with Crippen LogP contribution in [0.5, 0.6) is 0 Å². The summed E-state index contributed by atoms with van der Waals surface area (Å²) < 4.78 is 5.14. The molecule has 1 saturated carbocycles. The minimum atomic E-state index is -0.383. The second-order valence-electron chi connectivity index (χ2n) is 6.63. The molecule has 0 saturated heterocycles. The van der Waals surface area contributed by atoms with Crippen LogP contribution in [0.25, 0.3) is 10.9 Å². The van der Waals surface area contributed by atoms with Gasteiger partial charge >= 0.3 is 5.97 Å². The first-order chi connectivity index (χ1) is 11.6. The van der Waals surface area contributed by atoms with E-state index < -0.39 is 0 Å². The normalized spacial score (nSPS) is 20.7. The van der Waals surface area contributed by atoms with Crippen LogP contribution < -0.4 is 5.32 Å². The molecule has 0 unspecified atom stereocenters. The predicted molar refractivity (Wildman–Crippen MR) is 92.5 cm³/mol. The maximum Gasteiger partial charge on any atom is 0.310 e. The number of amides is 1. The van der Waals surface area contributed by atoms with E-state index >= 15 is 0 Å². The maximum atomic E-state index is 12.0. The minimum absolute atomic E-state index is 0.164. The maximum absolute atomic E-state index is 12.0. The Morgan fingerprint density at radius 3 is 2.88 bits per heavy atom. The van der Waals surface area contributed by atoms with Crippen LogP contribution in [0, 0.1) is 5.92 Å². The molecule has 2 aromatic rings. The molecule has 1 aliphatic carbocycles. The van der Waals surface area contributed by atoms with Gasteiger partial charge in [-0.15, -0.1) is 0 Å². The monoisotopic (exact) mass is 328 g/mol. The van der Waals surface area contributed by atoms with E-state index in [4.69, 9.17) is 4.74 Å². The molecule has 1 heterocycles. The Balaban J connectivity index is 1.47. The number of para-hydroxylation sites is 1. The molecular weight excluding hydrogens is 304 g/mol. The Morgan fingerprint density at radius 1 is 1.25 bits per heavy atom. The van der Waals surface area contributed by atoms with Gasteiger partial charge in [0.05, 0.1) is 6.42 Å². The molecule has 2 N–H and O–H groups in total. The summed E-state index contributed by atoms with van der Waals surface area (Å²) in [5.74, 6) is -0.0998. The van der Waals surface area contributed by atoms with Crippen LogP contribution in [0.4, 0.5) is 0 Å². The number of aromatic nitrogens is 1. The molecule has 1 aliphatic rings. The molecule has 24 heavy (non-hydrogen) atoms. The number of ether oxygens (including phenoxy) is 1. The molecule has 1 aromatic heterocycles. The number of H-pyrrole nitrogens is 1. The van der Waals surface area contributed by atoms with Gasteiger partial charge in [-0.1, -0.05) is 38.0 Å². The Kier molecular flexibility index (Phi) is 5.18. The van der Waals surface area contributed by atoms with Crippen LogP contribution in [0.2, 0.25) is 0 Å². The Morgan fingerprint density at radius 2 is 2.04 bits per heavy atom. The lowest BCUT2D eigenvalue weighted by Crippen LogP contribution is -2.42. The quantitative estimate of drug-likeness (QED) is 0.829. The molecule has 0 radical (unpaired) electrons. The average Bonchev–Trinajstić information content (AvgIpc) is 2.98. The van der Waals surface area contributed by atoms with E-state index in [0.29, 0.717) is 5.92 Å². The number of rotatable bonds is 5. The van der Waals surface area contributed by atoms with Crippen LogP contribution in [-0.2, 0) is 20.7 Å². The Labute approximate surface area is 141 Å². The molecule has 1 amide bonds. The van der Waals surface area contributed by atoms with Gasteiger partial charge in [-0.2, -0.15) is 0 Å². The van der Waals surface area contributed by atoms with Gasteiger partial charge in [0.15, 0.2) is 6.61 Å². The number of aromatic amines is 1. The summed E-state index contributed by atoms with van der Waals surface area (Å²) >= 11 is 0. The van der Waals surface area contributed by atoms with Gasteiger partial charge in [-0.25, -0.2) is 0 Å². The number of esters is 1. The van der Waals surface area contributed by atoms with Crippen molar-refractivity contribution < 1.29 is 14.3 Å². The zero-order valence-electron chi connectivity index (χ0n) is 14.0. The van der Waals surface area contributed by atoms with E-state index in [0.717, 1.165) is 35.7 Å². The van der Waals surface area contributed by atoms with Crippen molar-refractivity contribution in [3.63, 3.8) is 0 Å². The Bertz CT molecular complexity index is 722. The summed E-state index contributed by atoms with van der Waals surface area (Å²) in [7, 11) is 0.